The number of ether oxygens (including phenoxy) is 10. The molecular formula is C69H83N7O24. The van der Waals surface area contributed by atoms with Crippen molar-refractivity contribution in [3.63, 3.8) is 0 Å². The van der Waals surface area contributed by atoms with Gasteiger partial charge in [-0.3, -0.25) is 19.2 Å². The maximum absolute atomic E-state index is 14.5. The first kappa shape index (κ1) is 73.8. The van der Waals surface area contributed by atoms with E-state index in [9.17, 15) is 69.6 Å². The Bertz CT molecular complexity index is 3770. The van der Waals surface area contributed by atoms with Gasteiger partial charge in [-0.2, -0.15) is 0 Å². The number of carbonyl (C=O) groups is 6. The van der Waals surface area contributed by atoms with Crippen LogP contribution in [0, 0.1) is 6.92 Å². The molecule has 0 bridgehead atoms. The Balaban J connectivity index is 0.809. The monoisotopic (exact) mass is 1390 g/mol. The summed E-state index contributed by atoms with van der Waals surface area (Å²) < 4.78 is 57.7. The Kier molecular flexibility index (Phi) is 24.4. The van der Waals surface area contributed by atoms with Crippen LogP contribution in [0.5, 0.6) is 28.7 Å². The number of rotatable bonds is 28. The first-order valence-electron chi connectivity index (χ1n) is 32.8. The van der Waals surface area contributed by atoms with Crippen LogP contribution in [0.25, 0.3) is 10.4 Å². The number of anilines is 2. The number of hydrogen-bond acceptors (Lipinski definition) is 25. The molecule has 4 fully saturated rings. The predicted octanol–water partition coefficient (Wildman–Crippen LogP) is 5.03. The number of unbranched alkanes of at least 4 members (excludes halogenated alkanes) is 3. The molecule has 100 heavy (non-hydrogen) atoms. The number of fused-ring (bicyclic) bond motifs is 4. The first-order valence-corrected chi connectivity index (χ1v) is 32.8. The predicted molar refractivity (Wildman–Crippen MR) is 351 cm³/mol. The lowest BCUT2D eigenvalue weighted by molar-refractivity contribution is -0.242. The molecule has 12 atom stereocenters. The van der Waals surface area contributed by atoms with Gasteiger partial charge < -0.3 is 98.0 Å². The number of ketones is 2. The maximum Gasteiger partial charge on any atom is 0.416 e. The minimum atomic E-state index is -1.68. The Morgan fingerprint density at radius 1 is 0.580 bits per heavy atom. The summed E-state index contributed by atoms with van der Waals surface area (Å²) in [5, 5.41) is 89.4. The second-order valence-corrected chi connectivity index (χ2v) is 25.2. The van der Waals surface area contributed by atoms with Gasteiger partial charge in [0, 0.05) is 63.2 Å². The molecule has 4 aromatic carbocycles. The molecule has 31 heteroatoms. The minimum Gasteiger partial charge on any atom is -0.493 e. The highest BCUT2D eigenvalue weighted by atomic mass is 16.7. The summed E-state index contributed by atoms with van der Waals surface area (Å²) in [6.07, 6.45) is -14.7. The fourth-order valence-electron chi connectivity index (χ4n) is 12.7. The minimum absolute atomic E-state index is 0.00415. The molecule has 538 valence electrons. The van der Waals surface area contributed by atoms with Crippen LogP contribution in [0.2, 0.25) is 0 Å². The van der Waals surface area contributed by atoms with Crippen LogP contribution in [-0.2, 0) is 36.9 Å². The number of aliphatic hydroxyl groups is 8. The molecule has 0 saturated carbocycles. The van der Waals surface area contributed by atoms with Crippen LogP contribution in [0.15, 0.2) is 90.1 Å². The number of azide groups is 1. The van der Waals surface area contributed by atoms with Crippen LogP contribution in [0.1, 0.15) is 122 Å². The SMILES string of the molecule is C=C1C[C@H]2C(O)N(C(=O)OCc3ccc(O[C@@H]4OC[C@@H](O)[C@H](O)[C@H]4O)c(C(=O)CCCCN=[N+]=[N-])c3)c3cc(OCCCCCOc4cc5c(cc4OC)C(=O)N4CC(=C)C[C@H]4C(O)N5C(=O)OCc4ccc(O[C@@H]5OCC(O)[C@H](O)[C@H]5O)c(C(=O)CCCOC)c4)c(C)cc3C(=O)N2C1. The van der Waals surface area contributed by atoms with Gasteiger partial charge in [-0.05, 0) is 117 Å². The van der Waals surface area contributed by atoms with Gasteiger partial charge in [-0.25, -0.2) is 19.4 Å². The zero-order valence-corrected chi connectivity index (χ0v) is 55.5. The Hall–Kier alpha value is -8.95. The molecule has 6 aliphatic heterocycles. The molecule has 31 nitrogen and oxygen atoms in total. The Morgan fingerprint density at radius 3 is 1.55 bits per heavy atom. The van der Waals surface area contributed by atoms with Crippen molar-refractivity contribution in [3.8, 4) is 28.7 Å². The van der Waals surface area contributed by atoms with E-state index in [2.05, 4.69) is 23.2 Å². The summed E-state index contributed by atoms with van der Waals surface area (Å²) in [4.78, 5) is 92.6. The maximum atomic E-state index is 14.5. The highest BCUT2D eigenvalue weighted by molar-refractivity contribution is 6.07. The number of hydrogen-bond donors (Lipinski definition) is 8. The molecule has 4 saturated heterocycles. The number of Topliss-reactive ketones (excluding diaryl/α,β-unsaturated/α-hetero) is 2. The topological polar surface area (TPSA) is 418 Å². The molecule has 10 rings (SSSR count). The standard InChI is InChI=1S/C69H83N7O24/c1-36-22-47-64(87)75(68(89)97-32-39-14-16-53(99-66-60(83)58(81)51(79)34-95-66)43(25-39)49(77)12-7-8-18-71-72-70)45-28-55(38(3)24-41(45)62(85)73(47)30-36)93-20-9-6-10-21-94-57-29-46-42(27-56(57)92-5)63(86)74-31-37(2)23-48(74)65(88)76(46)69(90)98-33-40-15-17-54(44(26-40)50(78)13-11-19-91-4)100-67-61(84)59(82)52(80)35-96-67/h14-17,24-29,47-48,51-52,58-61,64-67,79-84,87-88H,1-2,6-13,18-23,30-35H2,3-5H3/t47-,48-,51+,52?,58-,59-,60+,61+,64?,65?,66-,67-/m0/s1. The van der Waals surface area contributed by atoms with Gasteiger partial charge in [-0.1, -0.05) is 41.6 Å². The van der Waals surface area contributed by atoms with Gasteiger partial charge >= 0.3 is 12.2 Å². The number of carbonyl (C=O) groups excluding carboxylic acids is 6. The van der Waals surface area contributed by atoms with Gasteiger partial charge in [0.15, 0.2) is 35.5 Å². The summed E-state index contributed by atoms with van der Waals surface area (Å²) in [6.45, 7) is 9.10. The van der Waals surface area contributed by atoms with E-state index in [1.165, 1.54) is 78.6 Å². The van der Waals surface area contributed by atoms with Gasteiger partial charge in [0.1, 0.15) is 67.1 Å². The highest BCUT2D eigenvalue weighted by Gasteiger charge is 2.49. The van der Waals surface area contributed by atoms with E-state index < -0.39 is 123 Å². The van der Waals surface area contributed by atoms with Crippen molar-refractivity contribution < 1.29 is 117 Å². The van der Waals surface area contributed by atoms with Crippen molar-refractivity contribution in [1.82, 2.24) is 9.80 Å². The number of amides is 4. The molecule has 0 spiro atoms. The number of benzene rings is 4. The smallest absolute Gasteiger partial charge is 0.416 e. The molecule has 4 aromatic rings. The Labute approximate surface area is 574 Å². The van der Waals surface area contributed by atoms with Crippen LogP contribution < -0.4 is 33.5 Å². The van der Waals surface area contributed by atoms with Crippen LogP contribution in [0.3, 0.4) is 0 Å². The molecule has 8 N–H and O–H groups in total. The van der Waals surface area contributed by atoms with Crippen molar-refractivity contribution >= 4 is 46.9 Å². The van der Waals surface area contributed by atoms with E-state index in [1.54, 1.807) is 13.0 Å². The van der Waals surface area contributed by atoms with Crippen LogP contribution in [-0.4, -0.2) is 227 Å². The lowest BCUT2D eigenvalue weighted by Crippen LogP contribution is -2.54. The molecule has 0 aromatic heterocycles. The molecule has 6 aliphatic rings. The average Bonchev–Trinajstić information content (AvgIpc) is 1.60. The van der Waals surface area contributed by atoms with Gasteiger partial charge in [0.2, 0.25) is 12.6 Å². The molecule has 4 amide bonds. The van der Waals surface area contributed by atoms with Gasteiger partial charge in [0.05, 0.1) is 79.2 Å². The van der Waals surface area contributed by atoms with Crippen molar-refractivity contribution in [2.24, 2.45) is 5.11 Å². The summed E-state index contributed by atoms with van der Waals surface area (Å²) in [5.41, 5.74) is 11.2. The number of aryl methyl sites for hydroxylation is 1. The number of nitrogens with zero attached hydrogens (tertiary/aromatic N) is 7. The van der Waals surface area contributed by atoms with Crippen molar-refractivity contribution in [2.75, 3.05) is 76.7 Å². The van der Waals surface area contributed by atoms with Crippen LogP contribution >= 0.6 is 0 Å². The molecule has 6 heterocycles. The van der Waals surface area contributed by atoms with E-state index >= 15 is 0 Å². The first-order chi connectivity index (χ1) is 48.0. The number of methoxy groups -OCH3 is 2. The highest BCUT2D eigenvalue weighted by Crippen LogP contribution is 2.44. The van der Waals surface area contributed by atoms with E-state index in [-0.39, 0.29) is 135 Å². The lowest BCUT2D eigenvalue weighted by atomic mass is 10.0. The van der Waals surface area contributed by atoms with Crippen molar-refractivity contribution in [2.45, 2.75) is 158 Å². The lowest BCUT2D eigenvalue weighted by Gasteiger charge is -2.35. The fourth-order valence-corrected chi connectivity index (χ4v) is 12.7. The zero-order chi connectivity index (χ0) is 71.6. The molecule has 0 radical (unpaired) electrons. The largest absolute Gasteiger partial charge is 0.493 e. The van der Waals surface area contributed by atoms with E-state index in [4.69, 9.17) is 52.9 Å². The van der Waals surface area contributed by atoms with Crippen molar-refractivity contribution in [3.05, 3.63) is 134 Å². The average molecular weight is 1390 g/mol. The molecular weight excluding hydrogens is 1310 g/mol. The van der Waals surface area contributed by atoms with Crippen molar-refractivity contribution in [1.29, 1.82) is 0 Å². The van der Waals surface area contributed by atoms with E-state index in [0.717, 1.165) is 9.80 Å². The summed E-state index contributed by atoms with van der Waals surface area (Å²) in [7, 11) is 2.87. The zero-order valence-electron chi connectivity index (χ0n) is 55.5. The van der Waals surface area contributed by atoms with E-state index in [0.29, 0.717) is 72.1 Å². The normalized spacial score (nSPS) is 24.8. The van der Waals surface area contributed by atoms with Crippen LogP contribution in [0.4, 0.5) is 21.0 Å². The fraction of sp³-hybridized carbons (Fsp3) is 0.507. The number of aliphatic hydroxyl groups excluding tert-OH is 8. The van der Waals surface area contributed by atoms with Gasteiger partial charge in [-0.15, -0.1) is 0 Å². The third kappa shape index (κ3) is 16.4. The summed E-state index contributed by atoms with van der Waals surface area (Å²) in [6, 6.07) is 12.7. The van der Waals surface area contributed by atoms with Gasteiger partial charge in [0.25, 0.3) is 11.8 Å². The third-order valence-electron chi connectivity index (χ3n) is 18.1. The third-order valence-corrected chi connectivity index (χ3v) is 18.1. The Morgan fingerprint density at radius 2 is 1.06 bits per heavy atom. The summed E-state index contributed by atoms with van der Waals surface area (Å²) in [5.74, 6) is -1.30. The summed E-state index contributed by atoms with van der Waals surface area (Å²) >= 11 is 0. The second-order valence-electron chi connectivity index (χ2n) is 25.2. The molecule has 3 unspecified atom stereocenters. The quantitative estimate of drug-likeness (QED) is 0.00922. The molecule has 0 aliphatic carbocycles. The second kappa shape index (κ2) is 33.0. The van der Waals surface area contributed by atoms with E-state index in [1.807, 2.05) is 0 Å².